The minimum Gasteiger partial charge on any atom is -0.377 e. The van der Waals surface area contributed by atoms with Crippen LogP contribution in [0.4, 0.5) is 0 Å². The standard InChI is InChI=1S/C18H26N2O3/c1-17(2)11-20(15(17)14-9-6-10-23-14)12-18(22,16(19)21)13-7-4-3-5-8-13/h3-5,7-8,14-15,22H,6,9-12H2,1-2H3,(H2,19,21). The van der Waals surface area contributed by atoms with Crippen LogP contribution in [0, 0.1) is 5.41 Å². The van der Waals surface area contributed by atoms with E-state index in [1.807, 2.05) is 6.07 Å². The molecule has 0 bridgehead atoms. The molecule has 1 amide bonds. The Morgan fingerprint density at radius 2 is 2.13 bits per heavy atom. The van der Waals surface area contributed by atoms with Crippen LogP contribution >= 0.6 is 0 Å². The number of likely N-dealkylation sites (tertiary alicyclic amines) is 1. The summed E-state index contributed by atoms with van der Waals surface area (Å²) in [5, 5.41) is 11.0. The molecule has 2 heterocycles. The molecule has 0 spiro atoms. The van der Waals surface area contributed by atoms with Gasteiger partial charge < -0.3 is 15.6 Å². The molecule has 0 aliphatic carbocycles. The van der Waals surface area contributed by atoms with Crippen LogP contribution in [0.2, 0.25) is 0 Å². The number of amides is 1. The molecule has 2 saturated heterocycles. The van der Waals surface area contributed by atoms with Gasteiger partial charge in [-0.25, -0.2) is 0 Å². The first kappa shape index (κ1) is 16.4. The van der Waals surface area contributed by atoms with E-state index < -0.39 is 11.5 Å². The Balaban J connectivity index is 1.82. The molecule has 3 rings (SSSR count). The van der Waals surface area contributed by atoms with E-state index in [4.69, 9.17) is 10.5 Å². The van der Waals surface area contributed by atoms with Crippen LogP contribution in [0.25, 0.3) is 0 Å². The van der Waals surface area contributed by atoms with Gasteiger partial charge in [-0.3, -0.25) is 9.69 Å². The van der Waals surface area contributed by atoms with Crippen LogP contribution in [0.1, 0.15) is 32.3 Å². The monoisotopic (exact) mass is 318 g/mol. The van der Waals surface area contributed by atoms with Crippen LogP contribution in [-0.2, 0) is 15.1 Å². The van der Waals surface area contributed by atoms with E-state index >= 15 is 0 Å². The number of benzene rings is 1. The van der Waals surface area contributed by atoms with Crippen molar-refractivity contribution in [3.05, 3.63) is 35.9 Å². The van der Waals surface area contributed by atoms with Gasteiger partial charge in [-0.15, -0.1) is 0 Å². The summed E-state index contributed by atoms with van der Waals surface area (Å²) < 4.78 is 5.86. The van der Waals surface area contributed by atoms with Crippen molar-refractivity contribution in [1.29, 1.82) is 0 Å². The summed E-state index contributed by atoms with van der Waals surface area (Å²) in [4.78, 5) is 14.1. The highest BCUT2D eigenvalue weighted by Gasteiger charge is 2.53. The van der Waals surface area contributed by atoms with Gasteiger partial charge in [0.25, 0.3) is 5.91 Å². The maximum atomic E-state index is 12.0. The quantitative estimate of drug-likeness (QED) is 0.857. The molecule has 3 N–H and O–H groups in total. The SMILES string of the molecule is CC1(C)CN(CC(O)(C(N)=O)c2ccccc2)C1C1CCCO1. The van der Waals surface area contributed by atoms with Crippen molar-refractivity contribution >= 4 is 5.91 Å². The predicted octanol–water partition coefficient (Wildman–Crippen LogP) is 1.25. The lowest BCUT2D eigenvalue weighted by Gasteiger charge is -2.57. The molecule has 2 aliphatic rings. The highest BCUT2D eigenvalue weighted by molar-refractivity contribution is 5.85. The van der Waals surface area contributed by atoms with Gasteiger partial charge in [-0.05, 0) is 23.8 Å². The molecule has 5 heteroatoms. The first-order valence-electron chi connectivity index (χ1n) is 8.28. The van der Waals surface area contributed by atoms with Crippen LogP contribution in [-0.4, -0.2) is 47.8 Å². The van der Waals surface area contributed by atoms with Crippen molar-refractivity contribution in [1.82, 2.24) is 4.90 Å². The van der Waals surface area contributed by atoms with E-state index in [0.717, 1.165) is 26.0 Å². The number of hydrogen-bond donors (Lipinski definition) is 2. The number of aliphatic hydroxyl groups is 1. The number of hydrogen-bond acceptors (Lipinski definition) is 4. The van der Waals surface area contributed by atoms with Crippen LogP contribution in [0.15, 0.2) is 30.3 Å². The van der Waals surface area contributed by atoms with Crippen molar-refractivity contribution in [3.8, 4) is 0 Å². The largest absolute Gasteiger partial charge is 0.377 e. The molecule has 3 unspecified atom stereocenters. The zero-order valence-electron chi connectivity index (χ0n) is 13.9. The van der Waals surface area contributed by atoms with Gasteiger partial charge in [-0.1, -0.05) is 44.2 Å². The zero-order chi connectivity index (χ0) is 16.7. The fourth-order valence-corrected chi connectivity index (χ4v) is 4.16. The Bertz CT molecular complexity index is 569. The second-order valence-corrected chi connectivity index (χ2v) is 7.48. The Morgan fingerprint density at radius 1 is 1.43 bits per heavy atom. The fourth-order valence-electron chi connectivity index (χ4n) is 4.16. The minimum atomic E-state index is -1.67. The highest BCUT2D eigenvalue weighted by atomic mass is 16.5. The Hall–Kier alpha value is -1.43. The summed E-state index contributed by atoms with van der Waals surface area (Å²) in [6.07, 6.45) is 2.28. The van der Waals surface area contributed by atoms with Crippen LogP contribution in [0.3, 0.4) is 0 Å². The van der Waals surface area contributed by atoms with Crippen molar-refractivity contribution in [2.45, 2.75) is 44.4 Å². The van der Waals surface area contributed by atoms with E-state index in [1.54, 1.807) is 24.3 Å². The smallest absolute Gasteiger partial charge is 0.255 e. The molecule has 5 nitrogen and oxygen atoms in total. The lowest BCUT2D eigenvalue weighted by atomic mass is 9.70. The Labute approximate surface area is 137 Å². The number of nitrogens with zero attached hydrogens (tertiary/aromatic N) is 1. The molecule has 0 radical (unpaired) electrons. The molecule has 3 atom stereocenters. The number of β-amino-alcohol motifs (C(OH)–C–C–N with tert-alkyl or cyclic N) is 1. The topological polar surface area (TPSA) is 75.8 Å². The fraction of sp³-hybridized carbons (Fsp3) is 0.611. The molecule has 0 aromatic heterocycles. The summed E-state index contributed by atoms with van der Waals surface area (Å²) in [5.74, 6) is -0.709. The number of nitrogens with two attached hydrogens (primary N) is 1. The molecule has 2 fully saturated rings. The van der Waals surface area contributed by atoms with Gasteiger partial charge in [0.1, 0.15) is 0 Å². The third-order valence-corrected chi connectivity index (χ3v) is 5.21. The minimum absolute atomic E-state index is 0.115. The van der Waals surface area contributed by atoms with E-state index in [0.29, 0.717) is 5.56 Å². The summed E-state index contributed by atoms with van der Waals surface area (Å²) in [6.45, 7) is 6.24. The highest BCUT2D eigenvalue weighted by Crippen LogP contribution is 2.43. The van der Waals surface area contributed by atoms with Gasteiger partial charge in [0.15, 0.2) is 5.60 Å². The normalized spacial score (nSPS) is 29.7. The third-order valence-electron chi connectivity index (χ3n) is 5.21. The maximum Gasteiger partial charge on any atom is 0.255 e. The molecule has 126 valence electrons. The summed E-state index contributed by atoms with van der Waals surface area (Å²) in [7, 11) is 0. The Morgan fingerprint density at radius 3 is 2.65 bits per heavy atom. The molecule has 1 aromatic carbocycles. The number of carbonyl (C=O) groups excluding carboxylic acids is 1. The molecule has 0 saturated carbocycles. The molecule has 2 aliphatic heterocycles. The van der Waals surface area contributed by atoms with Crippen LogP contribution < -0.4 is 5.73 Å². The van der Waals surface area contributed by atoms with Crippen LogP contribution in [0.5, 0.6) is 0 Å². The summed E-state index contributed by atoms with van der Waals surface area (Å²) in [6, 6.07) is 9.17. The van der Waals surface area contributed by atoms with Crippen molar-refractivity contribution in [3.63, 3.8) is 0 Å². The second kappa shape index (κ2) is 5.89. The average molecular weight is 318 g/mol. The zero-order valence-corrected chi connectivity index (χ0v) is 13.9. The predicted molar refractivity (Wildman–Crippen MR) is 87.6 cm³/mol. The summed E-state index contributed by atoms with van der Waals surface area (Å²) >= 11 is 0. The van der Waals surface area contributed by atoms with Gasteiger partial charge in [0, 0.05) is 25.7 Å². The number of carbonyl (C=O) groups is 1. The third kappa shape index (κ3) is 2.89. The first-order valence-corrected chi connectivity index (χ1v) is 8.28. The van der Waals surface area contributed by atoms with E-state index in [2.05, 4.69) is 18.7 Å². The first-order chi connectivity index (χ1) is 10.8. The second-order valence-electron chi connectivity index (χ2n) is 7.48. The van der Waals surface area contributed by atoms with Crippen molar-refractivity contribution in [2.24, 2.45) is 11.1 Å². The lowest BCUT2D eigenvalue weighted by molar-refractivity contribution is -0.162. The average Bonchev–Trinajstić information content (AvgIpc) is 3.00. The van der Waals surface area contributed by atoms with E-state index in [9.17, 15) is 9.90 Å². The lowest BCUT2D eigenvalue weighted by Crippen LogP contribution is -2.69. The van der Waals surface area contributed by atoms with Gasteiger partial charge >= 0.3 is 0 Å². The van der Waals surface area contributed by atoms with Crippen molar-refractivity contribution < 1.29 is 14.6 Å². The van der Waals surface area contributed by atoms with Gasteiger partial charge in [-0.2, -0.15) is 0 Å². The van der Waals surface area contributed by atoms with E-state index in [1.165, 1.54) is 0 Å². The Kier molecular flexibility index (Phi) is 4.21. The number of ether oxygens (including phenoxy) is 1. The summed E-state index contributed by atoms with van der Waals surface area (Å²) in [5.41, 5.74) is 4.54. The van der Waals surface area contributed by atoms with Crippen molar-refractivity contribution in [2.75, 3.05) is 19.7 Å². The number of primary amides is 1. The molecule has 23 heavy (non-hydrogen) atoms. The van der Waals surface area contributed by atoms with E-state index in [-0.39, 0.29) is 24.1 Å². The molecular weight excluding hydrogens is 292 g/mol. The molecule has 1 aromatic rings. The molecular formula is C18H26N2O3. The van der Waals surface area contributed by atoms with Gasteiger partial charge in [0.05, 0.1) is 6.10 Å². The number of rotatable bonds is 5. The maximum absolute atomic E-state index is 12.0. The van der Waals surface area contributed by atoms with Gasteiger partial charge in [0.2, 0.25) is 0 Å².